The fraction of sp³-hybridized carbons (Fsp3) is 0.583. The van der Waals surface area contributed by atoms with E-state index < -0.39 is 42.4 Å². The summed E-state index contributed by atoms with van der Waals surface area (Å²) in [6, 6.07) is 1.12. The van der Waals surface area contributed by atoms with E-state index in [1.165, 1.54) is 13.3 Å². The Morgan fingerprint density at radius 3 is 2.96 bits per heavy atom. The van der Waals surface area contributed by atoms with E-state index in [1.54, 1.807) is 0 Å². The topological polar surface area (TPSA) is 145 Å². The summed E-state index contributed by atoms with van der Waals surface area (Å²) in [5.74, 6) is 0. The number of hydrogen-bond donors (Lipinski definition) is 3. The lowest BCUT2D eigenvalue weighted by Crippen LogP contribution is -2.39. The molecule has 1 saturated heterocycles. The summed E-state index contributed by atoms with van der Waals surface area (Å²) in [6.07, 6.45) is -2.00. The summed E-state index contributed by atoms with van der Waals surface area (Å²) in [6.45, 7) is -0.823. The molecule has 2 rings (SSSR count). The van der Waals surface area contributed by atoms with E-state index in [2.05, 4.69) is 14.9 Å². The Balaban J connectivity index is 2.15. The Morgan fingerprint density at radius 1 is 1.52 bits per heavy atom. The van der Waals surface area contributed by atoms with Gasteiger partial charge in [0.2, 0.25) is 13.2 Å². The number of methoxy groups -OCH3 is 1. The van der Waals surface area contributed by atoms with Gasteiger partial charge in [-0.15, -0.1) is 0 Å². The number of ether oxygens (including phenoxy) is 3. The smallest absolute Gasteiger partial charge is 0.330 e. The zero-order valence-electron chi connectivity index (χ0n) is 12.2. The number of aliphatic hydroxyl groups excluding tert-OH is 2. The molecule has 1 aromatic rings. The van der Waals surface area contributed by atoms with Crippen LogP contribution in [0.1, 0.15) is 6.23 Å². The number of aromatic nitrogens is 2. The van der Waals surface area contributed by atoms with Gasteiger partial charge in [0.05, 0.1) is 13.7 Å². The van der Waals surface area contributed by atoms with Crippen LogP contribution in [0.3, 0.4) is 0 Å². The monoisotopic (exact) mass is 331 g/mol. The fourth-order valence-electron chi connectivity index (χ4n) is 2.11. The number of aliphatic hydroxyl groups is 2. The lowest BCUT2D eigenvalue weighted by atomic mass is 10.1. The van der Waals surface area contributed by atoms with Crippen molar-refractivity contribution in [1.29, 1.82) is 0 Å². The molecule has 1 aliphatic heterocycles. The van der Waals surface area contributed by atoms with Crippen molar-refractivity contribution in [2.75, 3.05) is 20.5 Å². The van der Waals surface area contributed by atoms with Crippen LogP contribution in [0.25, 0.3) is 0 Å². The number of aromatic amines is 1. The van der Waals surface area contributed by atoms with E-state index in [1.807, 2.05) is 0 Å². The van der Waals surface area contributed by atoms with E-state index in [-0.39, 0.29) is 6.79 Å². The molecule has 0 aliphatic carbocycles. The van der Waals surface area contributed by atoms with Gasteiger partial charge in [-0.25, -0.2) is 4.79 Å². The van der Waals surface area contributed by atoms with Crippen LogP contribution < -0.4 is 11.2 Å². The SMILES string of the molecule is COC=NOCO[C@@H]1[C@H](O)[C@@H](CO)O[C@H]1n1ccc(=O)[nH]c1=O. The first kappa shape index (κ1) is 17.1. The third kappa shape index (κ3) is 3.96. The normalized spacial score (nSPS) is 27.4. The van der Waals surface area contributed by atoms with Crippen LogP contribution in [0.15, 0.2) is 27.0 Å². The van der Waals surface area contributed by atoms with Gasteiger partial charge in [0.15, 0.2) is 6.23 Å². The standard InChI is InChI=1S/C12H17N3O8/c1-20-5-13-22-6-21-10-9(18)7(4-16)23-11(10)15-3-2-8(17)14-12(15)19/h2-3,5,7,9-11,16,18H,4,6H2,1H3,(H,14,17,19)/t7-,9-,10-,11-/m1/s1. The highest BCUT2D eigenvalue weighted by molar-refractivity contribution is 5.44. The summed E-state index contributed by atoms with van der Waals surface area (Å²) in [7, 11) is 1.38. The van der Waals surface area contributed by atoms with E-state index in [0.717, 1.165) is 17.0 Å². The number of H-pyrrole nitrogens is 1. The summed E-state index contributed by atoms with van der Waals surface area (Å²) in [5, 5.41) is 22.7. The van der Waals surface area contributed by atoms with Gasteiger partial charge in [-0.05, 0) is 0 Å². The second-order valence-electron chi connectivity index (χ2n) is 4.58. The van der Waals surface area contributed by atoms with Crippen LogP contribution in [0.2, 0.25) is 0 Å². The van der Waals surface area contributed by atoms with Crippen molar-refractivity contribution in [2.24, 2.45) is 5.16 Å². The van der Waals surface area contributed by atoms with Gasteiger partial charge in [-0.2, -0.15) is 0 Å². The number of nitrogens with zero attached hydrogens (tertiary/aromatic N) is 2. The molecule has 0 radical (unpaired) electrons. The van der Waals surface area contributed by atoms with Gasteiger partial charge in [-0.3, -0.25) is 14.3 Å². The predicted molar refractivity (Wildman–Crippen MR) is 74.7 cm³/mol. The molecule has 1 aromatic heterocycles. The van der Waals surface area contributed by atoms with Crippen molar-refractivity contribution in [3.8, 4) is 0 Å². The van der Waals surface area contributed by atoms with Crippen molar-refractivity contribution in [1.82, 2.24) is 9.55 Å². The minimum atomic E-state index is -1.21. The van der Waals surface area contributed by atoms with Crippen molar-refractivity contribution in [2.45, 2.75) is 24.5 Å². The van der Waals surface area contributed by atoms with Crippen molar-refractivity contribution < 1.29 is 29.3 Å². The van der Waals surface area contributed by atoms with Crippen LogP contribution in [0, 0.1) is 0 Å². The maximum atomic E-state index is 11.8. The number of rotatable bonds is 7. The Morgan fingerprint density at radius 2 is 2.30 bits per heavy atom. The van der Waals surface area contributed by atoms with Crippen molar-refractivity contribution in [3.63, 3.8) is 0 Å². The Hall–Kier alpha value is -2.21. The minimum absolute atomic E-state index is 0.350. The van der Waals surface area contributed by atoms with Crippen molar-refractivity contribution >= 4 is 6.40 Å². The van der Waals surface area contributed by atoms with Crippen LogP contribution in [-0.2, 0) is 19.0 Å². The highest BCUT2D eigenvalue weighted by atomic mass is 16.8. The largest absolute Gasteiger partial charge is 0.484 e. The second-order valence-corrected chi connectivity index (χ2v) is 4.58. The lowest BCUT2D eigenvalue weighted by Gasteiger charge is -2.21. The average molecular weight is 331 g/mol. The van der Waals surface area contributed by atoms with Crippen LogP contribution in [0.4, 0.5) is 0 Å². The second kappa shape index (κ2) is 7.87. The first-order valence-corrected chi connectivity index (χ1v) is 6.62. The molecule has 3 N–H and O–H groups in total. The molecule has 0 saturated carbocycles. The number of hydrogen-bond acceptors (Lipinski definition) is 9. The molecule has 0 unspecified atom stereocenters. The molecule has 128 valence electrons. The zero-order valence-corrected chi connectivity index (χ0v) is 12.2. The van der Waals surface area contributed by atoms with Gasteiger partial charge in [0.25, 0.3) is 5.56 Å². The Kier molecular flexibility index (Phi) is 5.87. The minimum Gasteiger partial charge on any atom is -0.484 e. The molecular weight excluding hydrogens is 314 g/mol. The molecule has 2 heterocycles. The average Bonchev–Trinajstić information content (AvgIpc) is 2.83. The highest BCUT2D eigenvalue weighted by Gasteiger charge is 2.45. The zero-order chi connectivity index (χ0) is 16.8. The predicted octanol–water partition coefficient (Wildman–Crippen LogP) is -2.26. The molecule has 11 nitrogen and oxygen atoms in total. The molecule has 11 heteroatoms. The molecule has 4 atom stereocenters. The first-order chi connectivity index (χ1) is 11.1. The third-order valence-corrected chi connectivity index (χ3v) is 3.15. The molecule has 0 aromatic carbocycles. The van der Waals surface area contributed by atoms with E-state index in [9.17, 15) is 19.8 Å². The van der Waals surface area contributed by atoms with Crippen LogP contribution in [0.5, 0.6) is 0 Å². The van der Waals surface area contributed by atoms with E-state index in [0.29, 0.717) is 0 Å². The number of oxime groups is 1. The summed E-state index contributed by atoms with van der Waals surface area (Å²) < 4.78 is 16.3. The molecule has 23 heavy (non-hydrogen) atoms. The van der Waals surface area contributed by atoms with E-state index in [4.69, 9.17) is 14.3 Å². The molecule has 0 amide bonds. The van der Waals surface area contributed by atoms with Crippen LogP contribution >= 0.6 is 0 Å². The van der Waals surface area contributed by atoms with Crippen molar-refractivity contribution in [3.05, 3.63) is 33.1 Å². The first-order valence-electron chi connectivity index (χ1n) is 6.62. The summed E-state index contributed by atoms with van der Waals surface area (Å²) in [5.41, 5.74) is -1.31. The highest BCUT2D eigenvalue weighted by Crippen LogP contribution is 2.30. The molecule has 0 bridgehead atoms. The van der Waals surface area contributed by atoms with Crippen LogP contribution in [-0.4, -0.2) is 65.0 Å². The quantitative estimate of drug-likeness (QED) is 0.167. The number of nitrogens with one attached hydrogen (secondary N) is 1. The Labute approximate surface area is 129 Å². The maximum Gasteiger partial charge on any atom is 0.330 e. The van der Waals surface area contributed by atoms with Gasteiger partial charge < -0.3 is 29.3 Å². The van der Waals surface area contributed by atoms with Gasteiger partial charge in [-0.1, -0.05) is 5.16 Å². The van der Waals surface area contributed by atoms with Gasteiger partial charge >= 0.3 is 5.69 Å². The van der Waals surface area contributed by atoms with E-state index >= 15 is 0 Å². The third-order valence-electron chi connectivity index (χ3n) is 3.15. The fourth-order valence-corrected chi connectivity index (χ4v) is 2.11. The molecule has 0 spiro atoms. The maximum absolute atomic E-state index is 11.8. The van der Waals surface area contributed by atoms with Gasteiger partial charge in [0.1, 0.15) is 18.3 Å². The Bertz CT molecular complexity index is 642. The molecular formula is C12H17N3O8. The summed E-state index contributed by atoms with van der Waals surface area (Å²) >= 11 is 0. The molecule has 1 fully saturated rings. The molecule has 1 aliphatic rings. The van der Waals surface area contributed by atoms with Gasteiger partial charge in [0, 0.05) is 12.3 Å². The lowest BCUT2D eigenvalue weighted by molar-refractivity contribution is -0.140. The summed E-state index contributed by atoms with van der Waals surface area (Å²) in [4.78, 5) is 29.8.